The minimum absolute atomic E-state index is 0.0358. The molecule has 1 aliphatic heterocycles. The Balaban J connectivity index is 1.48. The molecule has 1 N–H and O–H groups in total. The number of nitrogens with one attached hydrogen (secondary N) is 1. The average Bonchev–Trinajstić information content (AvgIpc) is 3.15. The fraction of sp³-hybridized carbons (Fsp3) is 0.278. The van der Waals surface area contributed by atoms with Crippen LogP contribution in [0.15, 0.2) is 52.2 Å². The van der Waals surface area contributed by atoms with E-state index in [0.29, 0.717) is 42.3 Å². The van der Waals surface area contributed by atoms with Crippen molar-refractivity contribution in [3.63, 3.8) is 0 Å². The molecular formula is C18H18ClN3O3. The standard InChI is InChI=1S/C18H18ClN3O3/c19-15-5-3-14(4-6-15)18(24)22-9-7-13(8-10-22)17(23)21-20-12-16-2-1-11-25-16/h1-6,11-13H,7-10H2,(H,21,23)/b20-12-. The van der Waals surface area contributed by atoms with Gasteiger partial charge in [-0.1, -0.05) is 11.6 Å². The van der Waals surface area contributed by atoms with E-state index in [9.17, 15) is 9.59 Å². The molecule has 0 radical (unpaired) electrons. The van der Waals surface area contributed by atoms with Crippen molar-refractivity contribution in [3.05, 3.63) is 59.0 Å². The molecule has 25 heavy (non-hydrogen) atoms. The van der Waals surface area contributed by atoms with E-state index in [4.69, 9.17) is 16.0 Å². The number of likely N-dealkylation sites (tertiary alicyclic amines) is 1. The van der Waals surface area contributed by atoms with Crippen molar-refractivity contribution < 1.29 is 14.0 Å². The van der Waals surface area contributed by atoms with Crippen LogP contribution in [0, 0.1) is 5.92 Å². The van der Waals surface area contributed by atoms with Crippen LogP contribution in [0.5, 0.6) is 0 Å². The minimum atomic E-state index is -0.150. The predicted octanol–water partition coefficient (Wildman–Crippen LogP) is 2.94. The van der Waals surface area contributed by atoms with Crippen molar-refractivity contribution >= 4 is 29.6 Å². The maximum atomic E-state index is 12.4. The smallest absolute Gasteiger partial charge is 0.253 e. The molecule has 1 fully saturated rings. The zero-order valence-corrected chi connectivity index (χ0v) is 14.3. The molecular weight excluding hydrogens is 342 g/mol. The number of carbonyl (C=O) groups excluding carboxylic acids is 2. The first-order chi connectivity index (χ1) is 12.1. The molecule has 0 unspecified atom stereocenters. The van der Waals surface area contributed by atoms with Crippen LogP contribution in [-0.4, -0.2) is 36.0 Å². The lowest BCUT2D eigenvalue weighted by atomic mass is 9.95. The van der Waals surface area contributed by atoms with Crippen LogP contribution in [0.2, 0.25) is 5.02 Å². The van der Waals surface area contributed by atoms with Gasteiger partial charge in [0.2, 0.25) is 5.91 Å². The maximum absolute atomic E-state index is 12.4. The largest absolute Gasteiger partial charge is 0.463 e. The summed E-state index contributed by atoms with van der Waals surface area (Å²) in [6.07, 6.45) is 4.22. The summed E-state index contributed by atoms with van der Waals surface area (Å²) in [5, 5.41) is 4.49. The lowest BCUT2D eigenvalue weighted by molar-refractivity contribution is -0.126. The molecule has 0 spiro atoms. The van der Waals surface area contributed by atoms with Gasteiger partial charge in [0, 0.05) is 29.6 Å². The molecule has 0 saturated carbocycles. The van der Waals surface area contributed by atoms with E-state index in [1.165, 1.54) is 12.5 Å². The predicted molar refractivity (Wildman–Crippen MR) is 94.5 cm³/mol. The van der Waals surface area contributed by atoms with E-state index >= 15 is 0 Å². The summed E-state index contributed by atoms with van der Waals surface area (Å²) in [5.74, 6) is 0.250. The monoisotopic (exact) mass is 359 g/mol. The fourth-order valence-electron chi connectivity index (χ4n) is 2.74. The third-order valence-electron chi connectivity index (χ3n) is 4.15. The average molecular weight is 360 g/mol. The maximum Gasteiger partial charge on any atom is 0.253 e. The molecule has 0 aliphatic carbocycles. The van der Waals surface area contributed by atoms with Gasteiger partial charge < -0.3 is 9.32 Å². The molecule has 6 nitrogen and oxygen atoms in total. The summed E-state index contributed by atoms with van der Waals surface area (Å²) < 4.78 is 5.10. The zero-order valence-electron chi connectivity index (χ0n) is 13.5. The third kappa shape index (κ3) is 4.48. The number of benzene rings is 1. The highest BCUT2D eigenvalue weighted by Gasteiger charge is 2.27. The first kappa shape index (κ1) is 17.2. The van der Waals surface area contributed by atoms with Crippen LogP contribution in [0.4, 0.5) is 0 Å². The Kier molecular flexibility index (Phi) is 5.50. The van der Waals surface area contributed by atoms with E-state index in [-0.39, 0.29) is 17.7 Å². The number of furan rings is 1. The van der Waals surface area contributed by atoms with Gasteiger partial charge >= 0.3 is 0 Å². The van der Waals surface area contributed by atoms with Crippen LogP contribution in [-0.2, 0) is 4.79 Å². The number of nitrogens with zero attached hydrogens (tertiary/aromatic N) is 2. The van der Waals surface area contributed by atoms with Gasteiger partial charge in [-0.25, -0.2) is 5.43 Å². The number of hydrazone groups is 1. The molecule has 130 valence electrons. The van der Waals surface area contributed by atoms with Crippen molar-refractivity contribution in [2.45, 2.75) is 12.8 Å². The minimum Gasteiger partial charge on any atom is -0.463 e. The molecule has 1 aliphatic rings. The van der Waals surface area contributed by atoms with E-state index in [1.54, 1.807) is 41.3 Å². The summed E-state index contributed by atoms with van der Waals surface area (Å²) in [7, 11) is 0. The molecule has 3 rings (SSSR count). The molecule has 2 aromatic rings. The molecule has 0 atom stereocenters. The Morgan fingerprint density at radius 2 is 1.92 bits per heavy atom. The van der Waals surface area contributed by atoms with E-state index < -0.39 is 0 Å². The van der Waals surface area contributed by atoms with Crippen molar-refractivity contribution in [3.8, 4) is 0 Å². The number of rotatable bonds is 4. The van der Waals surface area contributed by atoms with Gasteiger partial charge in [-0.05, 0) is 49.2 Å². The Bertz CT molecular complexity index is 748. The Hall–Kier alpha value is -2.60. The van der Waals surface area contributed by atoms with Crippen LogP contribution >= 0.6 is 11.6 Å². The van der Waals surface area contributed by atoms with E-state index in [0.717, 1.165) is 0 Å². The van der Waals surface area contributed by atoms with Gasteiger partial charge in [-0.3, -0.25) is 9.59 Å². The van der Waals surface area contributed by atoms with E-state index in [1.807, 2.05) is 0 Å². The third-order valence-corrected chi connectivity index (χ3v) is 4.41. The lowest BCUT2D eigenvalue weighted by Gasteiger charge is -2.31. The fourth-order valence-corrected chi connectivity index (χ4v) is 2.86. The van der Waals surface area contributed by atoms with Gasteiger partial charge in [-0.2, -0.15) is 5.10 Å². The zero-order chi connectivity index (χ0) is 17.6. The van der Waals surface area contributed by atoms with E-state index in [2.05, 4.69) is 10.5 Å². The second-order valence-electron chi connectivity index (χ2n) is 5.82. The van der Waals surface area contributed by atoms with Gasteiger partial charge in [0.05, 0.1) is 12.5 Å². The number of hydrogen-bond donors (Lipinski definition) is 1. The van der Waals surface area contributed by atoms with Crippen molar-refractivity contribution in [2.24, 2.45) is 11.0 Å². The SMILES string of the molecule is O=C(N/N=C\c1ccco1)C1CCN(C(=O)c2ccc(Cl)cc2)CC1. The van der Waals surface area contributed by atoms with Crippen LogP contribution < -0.4 is 5.43 Å². The van der Waals surface area contributed by atoms with Crippen molar-refractivity contribution in [1.82, 2.24) is 10.3 Å². The Morgan fingerprint density at radius 3 is 2.56 bits per heavy atom. The van der Waals surface area contributed by atoms with Crippen LogP contribution in [0.1, 0.15) is 29.0 Å². The Morgan fingerprint density at radius 1 is 1.20 bits per heavy atom. The summed E-state index contributed by atoms with van der Waals surface area (Å²) in [4.78, 5) is 26.3. The molecule has 2 amide bonds. The molecule has 7 heteroatoms. The second kappa shape index (κ2) is 7.98. The molecule has 0 bridgehead atoms. The number of carbonyl (C=O) groups is 2. The van der Waals surface area contributed by atoms with Crippen LogP contribution in [0.25, 0.3) is 0 Å². The molecule has 2 heterocycles. The first-order valence-electron chi connectivity index (χ1n) is 8.05. The topological polar surface area (TPSA) is 74.9 Å². The van der Waals surface area contributed by atoms with Gasteiger partial charge in [0.15, 0.2) is 0 Å². The highest BCUT2D eigenvalue weighted by atomic mass is 35.5. The number of halogens is 1. The summed E-state index contributed by atoms with van der Waals surface area (Å²) >= 11 is 5.84. The Labute approximate surface area is 150 Å². The van der Waals surface area contributed by atoms with Gasteiger partial charge in [0.1, 0.15) is 5.76 Å². The molecule has 1 saturated heterocycles. The number of amides is 2. The van der Waals surface area contributed by atoms with Gasteiger partial charge in [0.25, 0.3) is 5.91 Å². The summed E-state index contributed by atoms with van der Waals surface area (Å²) in [5.41, 5.74) is 3.13. The van der Waals surface area contributed by atoms with Gasteiger partial charge in [-0.15, -0.1) is 0 Å². The van der Waals surface area contributed by atoms with Crippen molar-refractivity contribution in [2.75, 3.05) is 13.1 Å². The summed E-state index contributed by atoms with van der Waals surface area (Å²) in [6.45, 7) is 1.09. The summed E-state index contributed by atoms with van der Waals surface area (Å²) in [6, 6.07) is 10.3. The number of hydrogen-bond acceptors (Lipinski definition) is 4. The number of piperidine rings is 1. The molecule has 1 aromatic carbocycles. The van der Waals surface area contributed by atoms with Crippen LogP contribution in [0.3, 0.4) is 0 Å². The normalized spacial score (nSPS) is 15.5. The molecule has 1 aromatic heterocycles. The second-order valence-corrected chi connectivity index (χ2v) is 6.26. The van der Waals surface area contributed by atoms with Crippen molar-refractivity contribution in [1.29, 1.82) is 0 Å². The lowest BCUT2D eigenvalue weighted by Crippen LogP contribution is -2.42. The highest BCUT2D eigenvalue weighted by Crippen LogP contribution is 2.20. The highest BCUT2D eigenvalue weighted by molar-refractivity contribution is 6.30. The first-order valence-corrected chi connectivity index (χ1v) is 8.42. The quantitative estimate of drug-likeness (QED) is 0.673.